The van der Waals surface area contributed by atoms with Crippen molar-refractivity contribution in [3.8, 4) is 11.8 Å². The zero-order valence-corrected chi connectivity index (χ0v) is 16.1. The van der Waals surface area contributed by atoms with E-state index in [1.165, 1.54) is 11.9 Å². The van der Waals surface area contributed by atoms with Crippen molar-refractivity contribution in [2.75, 3.05) is 11.9 Å². The summed E-state index contributed by atoms with van der Waals surface area (Å²) in [7, 11) is 1.51. The van der Waals surface area contributed by atoms with Crippen LogP contribution in [0, 0.1) is 29.4 Å². The first-order valence-corrected chi connectivity index (χ1v) is 8.82. The summed E-state index contributed by atoms with van der Waals surface area (Å²) in [6.45, 7) is 5.10. The summed E-state index contributed by atoms with van der Waals surface area (Å²) in [5.74, 6) is 2.21. The fraction of sp³-hybridized carbons (Fsp3) is 0.273. The van der Waals surface area contributed by atoms with Gasteiger partial charge in [0, 0.05) is 18.2 Å². The molecule has 2 aromatic rings. The molecule has 1 heterocycles. The molecule has 0 radical (unpaired) electrons. The summed E-state index contributed by atoms with van der Waals surface area (Å²) in [5.41, 5.74) is -0.624. The molecule has 3 rings (SSSR count). The van der Waals surface area contributed by atoms with E-state index in [1.54, 1.807) is 45.0 Å². The van der Waals surface area contributed by atoms with Gasteiger partial charge in [-0.05, 0) is 38.1 Å². The Bertz CT molecular complexity index is 959. The van der Waals surface area contributed by atoms with Crippen LogP contribution in [0.25, 0.3) is 0 Å². The van der Waals surface area contributed by atoms with E-state index in [0.29, 0.717) is 10.5 Å². The van der Waals surface area contributed by atoms with Crippen LogP contribution in [0.5, 0.6) is 0 Å². The summed E-state index contributed by atoms with van der Waals surface area (Å²) < 4.78 is 29.5. The fourth-order valence-electron chi connectivity index (χ4n) is 3.00. The average Bonchev–Trinajstić information content (AvgIpc) is 2.66. The van der Waals surface area contributed by atoms with Crippen LogP contribution in [-0.2, 0) is 4.79 Å². The number of amides is 3. The molecule has 1 aliphatic rings. The topological polar surface area (TPSA) is 40.6 Å². The lowest BCUT2D eigenvalue weighted by Gasteiger charge is -2.47. The molecule has 1 fully saturated rings. The summed E-state index contributed by atoms with van der Waals surface area (Å²) in [6, 6.07) is 10.3. The van der Waals surface area contributed by atoms with Gasteiger partial charge in [-0.25, -0.2) is 18.5 Å². The van der Waals surface area contributed by atoms with Crippen LogP contribution in [0.2, 0.25) is 0 Å². The molecule has 0 bridgehead atoms. The maximum Gasteiger partial charge on any atom is 0.331 e. The second-order valence-corrected chi connectivity index (χ2v) is 7.30. The lowest BCUT2D eigenvalue weighted by Crippen LogP contribution is -2.65. The van der Waals surface area contributed by atoms with Gasteiger partial charge < -0.3 is 4.90 Å². The summed E-state index contributed by atoms with van der Waals surface area (Å²) >= 11 is 0. The van der Waals surface area contributed by atoms with Gasteiger partial charge in [0.2, 0.25) is 5.91 Å². The SMILES string of the molecule is C[C@@H]1C(=O)N(c2c(F)cc(C#Cc3ccccc3)cc2F)C(=O)N(C)C1(C)C. The molecule has 4 nitrogen and oxygen atoms in total. The molecular weight excluding hydrogens is 362 g/mol. The third kappa shape index (κ3) is 3.24. The fourth-order valence-corrected chi connectivity index (χ4v) is 3.00. The van der Waals surface area contributed by atoms with Gasteiger partial charge in [0.1, 0.15) is 5.69 Å². The number of benzene rings is 2. The molecule has 0 saturated carbocycles. The van der Waals surface area contributed by atoms with Gasteiger partial charge in [0.25, 0.3) is 0 Å². The molecule has 1 saturated heterocycles. The normalized spacial score (nSPS) is 18.7. The van der Waals surface area contributed by atoms with E-state index in [1.807, 2.05) is 6.07 Å². The second-order valence-electron chi connectivity index (χ2n) is 7.30. The minimum atomic E-state index is -1.01. The smallest absolute Gasteiger partial charge is 0.321 e. The maximum atomic E-state index is 14.7. The van der Waals surface area contributed by atoms with Crippen LogP contribution >= 0.6 is 0 Å². The lowest BCUT2D eigenvalue weighted by molar-refractivity contribution is -0.126. The van der Waals surface area contributed by atoms with Crippen LogP contribution in [0.4, 0.5) is 19.3 Å². The van der Waals surface area contributed by atoms with Gasteiger partial charge in [-0.1, -0.05) is 37.0 Å². The van der Waals surface area contributed by atoms with Gasteiger partial charge in [0.15, 0.2) is 11.6 Å². The van der Waals surface area contributed by atoms with E-state index < -0.39 is 40.7 Å². The largest absolute Gasteiger partial charge is 0.331 e. The molecule has 144 valence electrons. The highest BCUT2D eigenvalue weighted by atomic mass is 19.1. The minimum Gasteiger partial charge on any atom is -0.321 e. The van der Waals surface area contributed by atoms with Crippen molar-refractivity contribution in [3.63, 3.8) is 0 Å². The Hall–Kier alpha value is -3.20. The zero-order valence-electron chi connectivity index (χ0n) is 16.1. The third-order valence-corrected chi connectivity index (χ3v) is 5.36. The van der Waals surface area contributed by atoms with Crippen LogP contribution < -0.4 is 4.90 Å². The summed E-state index contributed by atoms with van der Waals surface area (Å²) in [6.07, 6.45) is 0. The van der Waals surface area contributed by atoms with E-state index in [2.05, 4.69) is 11.8 Å². The first-order valence-electron chi connectivity index (χ1n) is 8.82. The first kappa shape index (κ1) is 19.6. The van der Waals surface area contributed by atoms with E-state index in [4.69, 9.17) is 0 Å². The van der Waals surface area contributed by atoms with Crippen LogP contribution in [0.15, 0.2) is 42.5 Å². The van der Waals surface area contributed by atoms with Gasteiger partial charge in [-0.2, -0.15) is 0 Å². The van der Waals surface area contributed by atoms with Crippen LogP contribution in [-0.4, -0.2) is 29.4 Å². The van der Waals surface area contributed by atoms with Gasteiger partial charge in [-0.3, -0.25) is 4.79 Å². The molecule has 0 aliphatic carbocycles. The number of imide groups is 1. The Morgan fingerprint density at radius 3 is 2.07 bits per heavy atom. The first-order chi connectivity index (χ1) is 13.1. The van der Waals surface area contributed by atoms with Gasteiger partial charge in [0.05, 0.1) is 11.5 Å². The van der Waals surface area contributed by atoms with Crippen molar-refractivity contribution in [3.05, 3.63) is 65.2 Å². The zero-order chi connectivity index (χ0) is 20.6. The van der Waals surface area contributed by atoms with Crippen LogP contribution in [0.1, 0.15) is 31.9 Å². The number of rotatable bonds is 1. The highest BCUT2D eigenvalue weighted by Crippen LogP contribution is 2.36. The van der Waals surface area contributed by atoms with Gasteiger partial charge >= 0.3 is 6.03 Å². The Labute approximate surface area is 162 Å². The Balaban J connectivity index is 2.01. The molecular formula is C22H20F2N2O2. The van der Waals surface area contributed by atoms with E-state index in [-0.39, 0.29) is 5.56 Å². The van der Waals surface area contributed by atoms with E-state index in [0.717, 1.165) is 12.1 Å². The molecule has 1 aliphatic heterocycles. The summed E-state index contributed by atoms with van der Waals surface area (Å²) in [4.78, 5) is 27.3. The Morgan fingerprint density at radius 2 is 1.50 bits per heavy atom. The molecule has 6 heteroatoms. The van der Waals surface area contributed by atoms with Crippen molar-refractivity contribution in [2.45, 2.75) is 26.3 Å². The lowest BCUT2D eigenvalue weighted by atomic mass is 9.84. The maximum absolute atomic E-state index is 14.7. The number of carbonyl (C=O) groups excluding carboxylic acids is 2. The van der Waals surface area contributed by atoms with Crippen LogP contribution in [0.3, 0.4) is 0 Å². The molecule has 0 aromatic heterocycles. The molecule has 1 atom stereocenters. The molecule has 2 aromatic carbocycles. The van der Waals surface area contributed by atoms with Crippen molar-refractivity contribution < 1.29 is 18.4 Å². The monoisotopic (exact) mass is 382 g/mol. The van der Waals surface area contributed by atoms with Crippen molar-refractivity contribution >= 4 is 17.6 Å². The molecule has 3 amide bonds. The quantitative estimate of drug-likeness (QED) is 0.695. The highest BCUT2D eigenvalue weighted by Gasteiger charge is 2.49. The minimum absolute atomic E-state index is 0.112. The number of anilines is 1. The molecule has 0 unspecified atom stereocenters. The van der Waals surface area contributed by atoms with Crippen molar-refractivity contribution in [2.24, 2.45) is 5.92 Å². The number of urea groups is 1. The second kappa shape index (κ2) is 7.08. The predicted octanol–water partition coefficient (Wildman–Crippen LogP) is 4.18. The Kier molecular flexibility index (Phi) is 4.95. The molecule has 0 N–H and O–H groups in total. The van der Waals surface area contributed by atoms with E-state index in [9.17, 15) is 18.4 Å². The van der Waals surface area contributed by atoms with Crippen molar-refractivity contribution in [1.29, 1.82) is 0 Å². The predicted molar refractivity (Wildman–Crippen MR) is 103 cm³/mol. The highest BCUT2D eigenvalue weighted by molar-refractivity contribution is 6.17. The number of halogens is 2. The Morgan fingerprint density at radius 1 is 0.964 bits per heavy atom. The average molecular weight is 382 g/mol. The number of hydrogen-bond donors (Lipinski definition) is 0. The van der Waals surface area contributed by atoms with Crippen molar-refractivity contribution in [1.82, 2.24) is 4.90 Å². The standard InChI is InChI=1S/C22H20F2N2O2/c1-14-20(27)26(21(28)25(4)22(14,2)3)19-17(23)12-16(13-18(19)24)11-10-15-8-6-5-7-9-15/h5-9,12-14H,1-4H3/t14-/m1/s1. The number of nitrogens with zero attached hydrogens (tertiary/aromatic N) is 2. The van der Waals surface area contributed by atoms with E-state index >= 15 is 0 Å². The summed E-state index contributed by atoms with van der Waals surface area (Å²) in [5, 5.41) is 0. The number of carbonyl (C=O) groups is 2. The molecule has 28 heavy (non-hydrogen) atoms. The third-order valence-electron chi connectivity index (χ3n) is 5.36. The number of hydrogen-bond acceptors (Lipinski definition) is 2. The van der Waals surface area contributed by atoms with Gasteiger partial charge in [-0.15, -0.1) is 0 Å². The molecule has 0 spiro atoms.